The smallest absolute Gasteiger partial charge is 0.0408 e. The molecule has 1 nitrogen and oxygen atoms in total. The first-order valence-electron chi connectivity index (χ1n) is 6.03. The zero-order valence-corrected chi connectivity index (χ0v) is 10.7. The molecule has 0 saturated heterocycles. The summed E-state index contributed by atoms with van der Waals surface area (Å²) in [5.41, 5.74) is 4.61. The second-order valence-corrected chi connectivity index (χ2v) is 5.33. The fourth-order valence-corrected chi connectivity index (χ4v) is 2.37. The number of nitrogens with zero attached hydrogens (tertiary/aromatic N) is 1. The molecule has 1 aromatic carbocycles. The first kappa shape index (κ1) is 11.3. The zero-order valence-electron chi connectivity index (χ0n) is 10.7. The Morgan fingerprint density at radius 2 is 1.69 bits per heavy atom. The van der Waals surface area contributed by atoms with Gasteiger partial charge in [-0.3, -0.25) is 0 Å². The van der Waals surface area contributed by atoms with E-state index in [9.17, 15) is 0 Å². The van der Waals surface area contributed by atoms with Crippen molar-refractivity contribution < 1.29 is 0 Å². The number of allylic oxidation sites excluding steroid dienone is 2. The highest BCUT2D eigenvalue weighted by atomic mass is 15.1. The summed E-state index contributed by atoms with van der Waals surface area (Å²) in [5, 5.41) is 0. The van der Waals surface area contributed by atoms with E-state index in [2.05, 4.69) is 62.9 Å². The third-order valence-corrected chi connectivity index (χ3v) is 3.99. The van der Waals surface area contributed by atoms with Gasteiger partial charge in [-0.2, -0.15) is 0 Å². The van der Waals surface area contributed by atoms with E-state index in [0.717, 1.165) is 6.54 Å². The van der Waals surface area contributed by atoms with Gasteiger partial charge in [0.05, 0.1) is 0 Å². The van der Waals surface area contributed by atoms with Crippen LogP contribution < -0.4 is 4.90 Å². The maximum absolute atomic E-state index is 2.43. The zero-order chi connectivity index (χ0) is 11.8. The van der Waals surface area contributed by atoms with Crippen molar-refractivity contribution in [3.8, 4) is 0 Å². The molecule has 0 amide bonds. The molecular formula is C15H21N. The summed E-state index contributed by atoms with van der Waals surface area (Å²) >= 11 is 0. The van der Waals surface area contributed by atoms with Gasteiger partial charge in [0.1, 0.15) is 0 Å². The molecule has 2 rings (SSSR count). The average Bonchev–Trinajstić information content (AvgIpc) is 2.27. The largest absolute Gasteiger partial charge is 0.345 e. The molecule has 0 radical (unpaired) electrons. The molecule has 0 fully saturated rings. The van der Waals surface area contributed by atoms with Crippen LogP contribution >= 0.6 is 0 Å². The maximum Gasteiger partial charge on any atom is 0.0408 e. The number of benzene rings is 1. The van der Waals surface area contributed by atoms with Crippen molar-refractivity contribution in [3.63, 3.8) is 0 Å². The molecule has 0 aromatic heterocycles. The normalized spacial score (nSPS) is 20.1. The summed E-state index contributed by atoms with van der Waals surface area (Å²) in [4.78, 5) is 2.43. The Balaban J connectivity index is 2.37. The van der Waals surface area contributed by atoms with Crippen molar-refractivity contribution in [1.29, 1.82) is 0 Å². The monoisotopic (exact) mass is 215 g/mol. The molecule has 1 aliphatic rings. The van der Waals surface area contributed by atoms with Crippen LogP contribution in [-0.4, -0.2) is 6.54 Å². The third kappa shape index (κ3) is 1.87. The van der Waals surface area contributed by atoms with Crippen molar-refractivity contribution in [1.82, 2.24) is 0 Å². The van der Waals surface area contributed by atoms with Crippen molar-refractivity contribution >= 4 is 5.69 Å². The molecule has 1 heteroatoms. The van der Waals surface area contributed by atoms with E-state index >= 15 is 0 Å². The lowest BCUT2D eigenvalue weighted by Gasteiger charge is -2.40. The molecule has 0 aliphatic carbocycles. The van der Waals surface area contributed by atoms with Gasteiger partial charge in [-0.15, -0.1) is 0 Å². The molecule has 86 valence electrons. The Morgan fingerprint density at radius 1 is 1.06 bits per heavy atom. The molecule has 1 aliphatic heterocycles. The molecule has 1 heterocycles. The van der Waals surface area contributed by atoms with Crippen molar-refractivity contribution in [3.05, 3.63) is 41.6 Å². The number of para-hydroxylation sites is 1. The topological polar surface area (TPSA) is 3.24 Å². The quantitative estimate of drug-likeness (QED) is 0.678. The maximum atomic E-state index is 2.43. The average molecular weight is 215 g/mol. The Hall–Kier alpha value is -1.24. The van der Waals surface area contributed by atoms with Gasteiger partial charge >= 0.3 is 0 Å². The summed E-state index contributed by atoms with van der Waals surface area (Å²) in [5.74, 6) is 0. The van der Waals surface area contributed by atoms with Crippen LogP contribution in [-0.2, 0) is 0 Å². The number of anilines is 1. The fraction of sp³-hybridized carbons (Fsp3) is 0.467. The minimum atomic E-state index is 0.357. The highest BCUT2D eigenvalue weighted by Crippen LogP contribution is 2.39. The van der Waals surface area contributed by atoms with E-state index in [1.807, 2.05) is 0 Å². The molecular weight excluding hydrogens is 194 g/mol. The first-order chi connectivity index (χ1) is 7.52. The van der Waals surface area contributed by atoms with Crippen LogP contribution in [0.2, 0.25) is 0 Å². The van der Waals surface area contributed by atoms with Crippen LogP contribution in [0.5, 0.6) is 0 Å². The van der Waals surface area contributed by atoms with Gasteiger partial charge in [0.25, 0.3) is 0 Å². The molecule has 0 spiro atoms. The Labute approximate surface area is 98.8 Å². The number of hydrogen-bond acceptors (Lipinski definition) is 1. The van der Waals surface area contributed by atoms with Gasteiger partial charge in [-0.1, -0.05) is 32.0 Å². The van der Waals surface area contributed by atoms with Crippen molar-refractivity contribution in [2.45, 2.75) is 34.1 Å². The fourth-order valence-electron chi connectivity index (χ4n) is 2.37. The van der Waals surface area contributed by atoms with E-state index in [1.165, 1.54) is 23.4 Å². The summed E-state index contributed by atoms with van der Waals surface area (Å²) in [7, 11) is 0. The molecule has 0 unspecified atom stereocenters. The predicted molar refractivity (Wildman–Crippen MR) is 70.6 cm³/mol. The van der Waals surface area contributed by atoms with Gasteiger partial charge in [0.2, 0.25) is 0 Å². The summed E-state index contributed by atoms with van der Waals surface area (Å²) < 4.78 is 0. The summed E-state index contributed by atoms with van der Waals surface area (Å²) in [6.45, 7) is 10.3. The predicted octanol–water partition coefficient (Wildman–Crippen LogP) is 4.22. The number of hydrogen-bond donors (Lipinski definition) is 0. The van der Waals surface area contributed by atoms with Crippen LogP contribution in [0.3, 0.4) is 0 Å². The number of rotatable bonds is 1. The molecule has 16 heavy (non-hydrogen) atoms. The van der Waals surface area contributed by atoms with Crippen LogP contribution in [0, 0.1) is 5.41 Å². The minimum absolute atomic E-state index is 0.357. The van der Waals surface area contributed by atoms with E-state index in [0.29, 0.717) is 5.41 Å². The van der Waals surface area contributed by atoms with Gasteiger partial charge in [0, 0.05) is 17.9 Å². The summed E-state index contributed by atoms with van der Waals surface area (Å²) in [6, 6.07) is 10.7. The van der Waals surface area contributed by atoms with E-state index in [4.69, 9.17) is 0 Å². The Morgan fingerprint density at radius 3 is 2.31 bits per heavy atom. The Bertz CT molecular complexity index is 401. The lowest BCUT2D eigenvalue weighted by atomic mass is 9.78. The molecule has 0 N–H and O–H groups in total. The van der Waals surface area contributed by atoms with Crippen LogP contribution in [0.4, 0.5) is 5.69 Å². The van der Waals surface area contributed by atoms with Crippen molar-refractivity contribution in [2.24, 2.45) is 5.41 Å². The third-order valence-electron chi connectivity index (χ3n) is 3.99. The highest BCUT2D eigenvalue weighted by molar-refractivity contribution is 5.53. The van der Waals surface area contributed by atoms with Crippen LogP contribution in [0.25, 0.3) is 0 Å². The lowest BCUT2D eigenvalue weighted by molar-refractivity contribution is 0.387. The van der Waals surface area contributed by atoms with E-state index in [-0.39, 0.29) is 0 Å². The lowest BCUT2D eigenvalue weighted by Crippen LogP contribution is -2.34. The highest BCUT2D eigenvalue weighted by Gasteiger charge is 2.29. The molecule has 0 bridgehead atoms. The van der Waals surface area contributed by atoms with Crippen molar-refractivity contribution in [2.75, 3.05) is 11.4 Å². The standard InChI is InChI=1S/C15H21N/c1-12-13(2)16(11-10-15(12,3)4)14-8-6-5-7-9-14/h5-9H,10-11H2,1-4H3. The van der Waals surface area contributed by atoms with E-state index in [1.54, 1.807) is 0 Å². The first-order valence-corrected chi connectivity index (χ1v) is 6.03. The van der Waals surface area contributed by atoms with Gasteiger partial charge < -0.3 is 4.90 Å². The van der Waals surface area contributed by atoms with Crippen LogP contribution in [0.1, 0.15) is 34.1 Å². The molecule has 0 saturated carbocycles. The Kier molecular flexibility index (Phi) is 2.79. The van der Waals surface area contributed by atoms with Gasteiger partial charge in [0.15, 0.2) is 0 Å². The molecule has 1 aromatic rings. The van der Waals surface area contributed by atoms with Gasteiger partial charge in [-0.25, -0.2) is 0 Å². The molecule has 0 atom stereocenters. The second kappa shape index (κ2) is 3.97. The van der Waals surface area contributed by atoms with Gasteiger partial charge in [-0.05, 0) is 43.4 Å². The SMILES string of the molecule is CC1=C(C)C(C)(C)CCN1c1ccccc1. The summed E-state index contributed by atoms with van der Waals surface area (Å²) in [6.07, 6.45) is 1.23. The van der Waals surface area contributed by atoms with E-state index < -0.39 is 0 Å². The minimum Gasteiger partial charge on any atom is -0.345 e. The van der Waals surface area contributed by atoms with Crippen LogP contribution in [0.15, 0.2) is 41.6 Å². The second-order valence-electron chi connectivity index (χ2n) is 5.33.